The van der Waals surface area contributed by atoms with Gasteiger partial charge < -0.3 is 19.3 Å². The SMILES string of the molecule is Cc1ccnc(Oc2ccc(-c3cc4c(cc3F)ncc3cc(C)n(C5CCN(C(=O)CO)CC5)c34)c(Cl)c2)n1. The summed E-state index contributed by atoms with van der Waals surface area (Å²) in [7, 11) is 0. The summed E-state index contributed by atoms with van der Waals surface area (Å²) < 4.78 is 23.5. The topological polar surface area (TPSA) is 93.4 Å². The number of halogens is 2. The number of pyridine rings is 1. The molecule has 40 heavy (non-hydrogen) atoms. The molecule has 0 unspecified atom stereocenters. The van der Waals surface area contributed by atoms with Crippen LogP contribution in [0.3, 0.4) is 0 Å². The van der Waals surface area contributed by atoms with Crippen molar-refractivity contribution in [2.24, 2.45) is 0 Å². The molecule has 0 atom stereocenters. The number of amides is 1. The fourth-order valence-electron chi connectivity index (χ4n) is 5.57. The lowest BCUT2D eigenvalue weighted by atomic mass is 10.0. The van der Waals surface area contributed by atoms with E-state index < -0.39 is 12.4 Å². The highest BCUT2D eigenvalue weighted by molar-refractivity contribution is 6.33. The number of hydrogen-bond donors (Lipinski definition) is 1. The number of aryl methyl sites for hydroxylation is 2. The van der Waals surface area contributed by atoms with Crippen molar-refractivity contribution in [3.05, 3.63) is 77.1 Å². The highest BCUT2D eigenvalue weighted by atomic mass is 35.5. The Kier molecular flexibility index (Phi) is 6.85. The maximum atomic E-state index is 15.5. The highest BCUT2D eigenvalue weighted by Crippen LogP contribution is 2.39. The zero-order valence-electron chi connectivity index (χ0n) is 22.1. The van der Waals surface area contributed by atoms with Crippen molar-refractivity contribution < 1.29 is 19.0 Å². The van der Waals surface area contributed by atoms with Crippen LogP contribution >= 0.6 is 11.6 Å². The Labute approximate surface area is 235 Å². The Morgan fingerprint density at radius 1 is 1.10 bits per heavy atom. The zero-order valence-corrected chi connectivity index (χ0v) is 22.8. The second-order valence-electron chi connectivity index (χ2n) is 10.1. The number of hydrogen-bond acceptors (Lipinski definition) is 6. The first-order valence-corrected chi connectivity index (χ1v) is 13.5. The number of aliphatic hydroxyl groups excluding tert-OH is 1. The van der Waals surface area contributed by atoms with E-state index in [0.29, 0.717) is 40.5 Å². The lowest BCUT2D eigenvalue weighted by Gasteiger charge is -2.33. The molecule has 4 heterocycles. The van der Waals surface area contributed by atoms with E-state index in [2.05, 4.69) is 32.5 Å². The number of fused-ring (bicyclic) bond motifs is 3. The fraction of sp³-hybridized carbons (Fsp3) is 0.267. The van der Waals surface area contributed by atoms with E-state index in [1.807, 2.05) is 13.0 Å². The van der Waals surface area contributed by atoms with Gasteiger partial charge in [0.2, 0.25) is 5.91 Å². The first-order chi connectivity index (χ1) is 19.3. The molecule has 0 spiro atoms. The van der Waals surface area contributed by atoms with Crippen LogP contribution in [0.15, 0.2) is 54.9 Å². The third-order valence-corrected chi connectivity index (χ3v) is 7.78. The number of nitrogens with zero attached hydrogens (tertiary/aromatic N) is 5. The molecule has 1 aliphatic heterocycles. The van der Waals surface area contributed by atoms with Crippen LogP contribution in [-0.2, 0) is 4.79 Å². The van der Waals surface area contributed by atoms with Crippen molar-refractivity contribution in [3.8, 4) is 22.9 Å². The minimum Gasteiger partial charge on any atom is -0.424 e. The first kappa shape index (κ1) is 26.2. The number of likely N-dealkylation sites (tertiary alicyclic amines) is 1. The Hall–Kier alpha value is -4.08. The lowest BCUT2D eigenvalue weighted by molar-refractivity contribution is -0.135. The van der Waals surface area contributed by atoms with Gasteiger partial charge in [0, 0.05) is 76.9 Å². The molecule has 10 heteroatoms. The molecule has 1 aliphatic rings. The second-order valence-corrected chi connectivity index (χ2v) is 10.5. The molecule has 2 aromatic carbocycles. The van der Waals surface area contributed by atoms with E-state index in [-0.39, 0.29) is 18.0 Å². The summed E-state index contributed by atoms with van der Waals surface area (Å²) in [4.78, 5) is 26.6. The Morgan fingerprint density at radius 2 is 1.90 bits per heavy atom. The van der Waals surface area contributed by atoms with Gasteiger partial charge in [0.15, 0.2) is 0 Å². The van der Waals surface area contributed by atoms with Crippen LogP contribution in [0.25, 0.3) is 32.9 Å². The van der Waals surface area contributed by atoms with Gasteiger partial charge in [-0.3, -0.25) is 9.78 Å². The monoisotopic (exact) mass is 559 g/mol. The molecular weight excluding hydrogens is 533 g/mol. The van der Waals surface area contributed by atoms with E-state index in [1.165, 1.54) is 6.07 Å². The van der Waals surface area contributed by atoms with Crippen LogP contribution in [0.5, 0.6) is 11.8 Å². The van der Waals surface area contributed by atoms with Gasteiger partial charge in [-0.15, -0.1) is 0 Å². The van der Waals surface area contributed by atoms with E-state index in [9.17, 15) is 9.90 Å². The number of ether oxygens (including phenoxy) is 1. The molecule has 0 saturated carbocycles. The third-order valence-electron chi connectivity index (χ3n) is 7.47. The molecule has 1 saturated heterocycles. The number of carbonyl (C=O) groups is 1. The van der Waals surface area contributed by atoms with Gasteiger partial charge in [-0.2, -0.15) is 0 Å². The normalized spacial score (nSPS) is 14.3. The summed E-state index contributed by atoms with van der Waals surface area (Å²) in [6, 6.07) is 12.5. The summed E-state index contributed by atoms with van der Waals surface area (Å²) in [5, 5.41) is 11.4. The van der Waals surface area contributed by atoms with E-state index >= 15 is 4.39 Å². The van der Waals surface area contributed by atoms with Gasteiger partial charge in [0.1, 0.15) is 18.2 Å². The summed E-state index contributed by atoms with van der Waals surface area (Å²) in [5.74, 6) is -0.232. The largest absolute Gasteiger partial charge is 0.424 e. The van der Waals surface area contributed by atoms with Crippen LogP contribution in [0.4, 0.5) is 4.39 Å². The number of piperidine rings is 1. The number of rotatable bonds is 5. The van der Waals surface area contributed by atoms with Crippen LogP contribution in [-0.4, -0.2) is 55.1 Å². The number of benzene rings is 2. The Morgan fingerprint density at radius 3 is 2.62 bits per heavy atom. The molecular formula is C30H27ClFN5O3. The quantitative estimate of drug-likeness (QED) is 0.284. The van der Waals surface area contributed by atoms with Gasteiger partial charge in [0.25, 0.3) is 0 Å². The van der Waals surface area contributed by atoms with Crippen molar-refractivity contribution in [2.45, 2.75) is 32.7 Å². The smallest absolute Gasteiger partial charge is 0.322 e. The summed E-state index contributed by atoms with van der Waals surface area (Å²) in [6.45, 7) is 4.57. The van der Waals surface area contributed by atoms with E-state index in [1.54, 1.807) is 41.6 Å². The zero-order chi connectivity index (χ0) is 28.0. The molecule has 6 rings (SSSR count). The molecule has 204 valence electrons. The average Bonchev–Trinajstić information content (AvgIpc) is 3.29. The Bertz CT molecular complexity index is 1760. The summed E-state index contributed by atoms with van der Waals surface area (Å²) in [5.41, 5.74) is 4.26. The van der Waals surface area contributed by atoms with Crippen molar-refractivity contribution in [2.75, 3.05) is 19.7 Å². The first-order valence-electron chi connectivity index (χ1n) is 13.1. The third kappa shape index (κ3) is 4.76. The van der Waals surface area contributed by atoms with Crippen LogP contribution in [0.2, 0.25) is 5.02 Å². The lowest BCUT2D eigenvalue weighted by Crippen LogP contribution is -2.40. The number of aliphatic hydroxyl groups is 1. The highest BCUT2D eigenvalue weighted by Gasteiger charge is 2.26. The number of carbonyl (C=O) groups excluding carboxylic acids is 1. The molecule has 1 fully saturated rings. The van der Waals surface area contributed by atoms with Gasteiger partial charge in [-0.05, 0) is 57.0 Å². The van der Waals surface area contributed by atoms with Crippen molar-refractivity contribution in [1.29, 1.82) is 0 Å². The molecule has 3 aromatic heterocycles. The summed E-state index contributed by atoms with van der Waals surface area (Å²) in [6.07, 6.45) is 4.90. The average molecular weight is 560 g/mol. The molecule has 1 amide bonds. The van der Waals surface area contributed by atoms with E-state index in [0.717, 1.165) is 40.5 Å². The second kappa shape index (κ2) is 10.5. The van der Waals surface area contributed by atoms with Crippen LogP contribution in [0.1, 0.15) is 30.3 Å². The Balaban J connectivity index is 1.40. The maximum absolute atomic E-state index is 15.5. The van der Waals surface area contributed by atoms with Crippen molar-refractivity contribution in [1.82, 2.24) is 24.4 Å². The molecule has 0 radical (unpaired) electrons. The number of aromatic nitrogens is 4. The maximum Gasteiger partial charge on any atom is 0.322 e. The minimum absolute atomic E-state index is 0.156. The van der Waals surface area contributed by atoms with Crippen molar-refractivity contribution >= 4 is 39.3 Å². The van der Waals surface area contributed by atoms with Crippen LogP contribution < -0.4 is 4.74 Å². The molecule has 0 aliphatic carbocycles. The molecule has 0 bridgehead atoms. The molecule has 5 aromatic rings. The minimum atomic E-state index is -0.476. The van der Waals surface area contributed by atoms with E-state index in [4.69, 9.17) is 16.3 Å². The van der Waals surface area contributed by atoms with Gasteiger partial charge in [-0.25, -0.2) is 14.4 Å². The predicted octanol–water partition coefficient (Wildman–Crippen LogP) is 6.00. The van der Waals surface area contributed by atoms with Gasteiger partial charge >= 0.3 is 6.01 Å². The molecule has 1 N–H and O–H groups in total. The van der Waals surface area contributed by atoms with Crippen molar-refractivity contribution in [3.63, 3.8) is 0 Å². The predicted molar refractivity (Wildman–Crippen MR) is 151 cm³/mol. The summed E-state index contributed by atoms with van der Waals surface area (Å²) >= 11 is 6.65. The van der Waals surface area contributed by atoms with Gasteiger partial charge in [0.05, 0.1) is 16.1 Å². The molecule has 8 nitrogen and oxygen atoms in total. The fourth-order valence-corrected chi connectivity index (χ4v) is 5.84. The standard InChI is InChI=1S/C30H27ClFN5O3/c1-17-5-8-33-30(35-17)40-21-3-4-22(25(31)12-21)23-13-24-27(14-26(23)32)34-15-19-11-18(2)37(29(19)24)20-6-9-36(10-7-20)28(39)16-38/h3-5,8,11-15,20,38H,6-7,9-10,16H2,1-2H3. The van der Waals surface area contributed by atoms with Crippen LogP contribution in [0, 0.1) is 19.7 Å². The van der Waals surface area contributed by atoms with Gasteiger partial charge in [-0.1, -0.05) is 11.6 Å².